The fourth-order valence-corrected chi connectivity index (χ4v) is 4.87. The molecule has 2 saturated heterocycles. The molecule has 34 heavy (non-hydrogen) atoms. The minimum Gasteiger partial charge on any atom is -0.353 e. The van der Waals surface area contributed by atoms with Crippen LogP contribution in [0.4, 0.5) is 4.39 Å². The van der Waals surface area contributed by atoms with E-state index in [1.54, 1.807) is 15.9 Å². The van der Waals surface area contributed by atoms with Gasteiger partial charge in [0, 0.05) is 43.1 Å². The minimum atomic E-state index is -0.954. The number of rotatable bonds is 4. The first-order valence-electron chi connectivity index (χ1n) is 11.8. The van der Waals surface area contributed by atoms with E-state index in [1.807, 2.05) is 25.1 Å². The number of halogens is 1. The van der Waals surface area contributed by atoms with Crippen LogP contribution in [-0.2, 0) is 9.53 Å². The molecule has 1 saturated carbocycles. The van der Waals surface area contributed by atoms with E-state index >= 15 is 0 Å². The summed E-state index contributed by atoms with van der Waals surface area (Å²) in [5.41, 5.74) is 0.838. The Balaban J connectivity index is 1.38. The number of likely N-dealkylation sites (tertiary alicyclic amines) is 1. The van der Waals surface area contributed by atoms with E-state index in [-0.39, 0.29) is 30.4 Å². The second kappa shape index (κ2) is 8.83. The molecule has 1 spiro atoms. The van der Waals surface area contributed by atoms with Gasteiger partial charge in [-0.2, -0.15) is 0 Å². The van der Waals surface area contributed by atoms with E-state index in [9.17, 15) is 18.8 Å². The van der Waals surface area contributed by atoms with E-state index in [0.29, 0.717) is 37.1 Å². The predicted molar refractivity (Wildman–Crippen MR) is 123 cm³/mol. The smallest absolute Gasteiger partial charge is 0.257 e. The first-order chi connectivity index (χ1) is 16.4. The Morgan fingerprint density at radius 1 is 1.00 bits per heavy atom. The number of hydrogen-bond acceptors (Lipinski definition) is 4. The molecule has 1 unspecified atom stereocenters. The SMILES string of the molecule is Cc1ccccc1C(=O)N1C(C(=O)NC2CC2)COC12CCN(C(=O)c1ccc(F)cc1)CC2. The lowest BCUT2D eigenvalue weighted by atomic mass is 9.95. The van der Waals surface area contributed by atoms with Crippen LogP contribution >= 0.6 is 0 Å². The normalized spacial score (nSPS) is 21.5. The highest BCUT2D eigenvalue weighted by Crippen LogP contribution is 2.39. The van der Waals surface area contributed by atoms with Crippen LogP contribution in [0, 0.1) is 12.7 Å². The van der Waals surface area contributed by atoms with Crippen LogP contribution < -0.4 is 5.32 Å². The maximum Gasteiger partial charge on any atom is 0.257 e. The Bertz CT molecular complexity index is 1110. The molecule has 3 fully saturated rings. The molecule has 2 aromatic rings. The molecule has 0 radical (unpaired) electrons. The third kappa shape index (κ3) is 4.18. The number of amides is 3. The largest absolute Gasteiger partial charge is 0.353 e. The van der Waals surface area contributed by atoms with E-state index in [1.165, 1.54) is 24.3 Å². The molecule has 3 aliphatic rings. The summed E-state index contributed by atoms with van der Waals surface area (Å²) in [5, 5.41) is 3.01. The van der Waals surface area contributed by atoms with Gasteiger partial charge in [0.1, 0.15) is 17.6 Å². The topological polar surface area (TPSA) is 79.0 Å². The van der Waals surface area contributed by atoms with Crippen molar-refractivity contribution in [2.45, 2.75) is 50.4 Å². The van der Waals surface area contributed by atoms with Gasteiger partial charge in [-0.05, 0) is 55.7 Å². The van der Waals surface area contributed by atoms with Crippen molar-refractivity contribution in [3.05, 3.63) is 71.0 Å². The maximum atomic E-state index is 13.8. The van der Waals surface area contributed by atoms with Gasteiger partial charge in [0.2, 0.25) is 5.91 Å². The summed E-state index contributed by atoms with van der Waals surface area (Å²) in [5.74, 6) is -1.00. The van der Waals surface area contributed by atoms with E-state index < -0.39 is 17.6 Å². The van der Waals surface area contributed by atoms with Crippen LogP contribution in [0.1, 0.15) is 52.0 Å². The molecule has 1 aliphatic carbocycles. The quantitative estimate of drug-likeness (QED) is 0.753. The molecule has 7 nitrogen and oxygen atoms in total. The molecule has 8 heteroatoms. The van der Waals surface area contributed by atoms with Crippen molar-refractivity contribution < 1.29 is 23.5 Å². The van der Waals surface area contributed by atoms with E-state index in [2.05, 4.69) is 5.32 Å². The standard InChI is InChI=1S/C26H28FN3O4/c1-17-4-2-3-5-21(17)25(33)30-22(23(31)28-20-10-11-20)16-34-26(30)12-14-29(15-13-26)24(32)18-6-8-19(27)9-7-18/h2-9,20,22H,10-16H2,1H3,(H,28,31). The van der Waals surface area contributed by atoms with Crippen molar-refractivity contribution >= 4 is 17.7 Å². The van der Waals surface area contributed by atoms with Crippen molar-refractivity contribution in [1.82, 2.24) is 15.1 Å². The van der Waals surface area contributed by atoms with Crippen LogP contribution in [0.25, 0.3) is 0 Å². The number of hydrogen-bond donors (Lipinski definition) is 1. The van der Waals surface area contributed by atoms with E-state index in [0.717, 1.165) is 18.4 Å². The van der Waals surface area contributed by atoms with Crippen LogP contribution in [-0.4, -0.2) is 65.0 Å². The lowest BCUT2D eigenvalue weighted by molar-refractivity contribution is -0.128. The number of benzene rings is 2. The molecule has 3 amide bonds. The minimum absolute atomic E-state index is 0.127. The number of ether oxygens (including phenoxy) is 1. The zero-order valence-electron chi connectivity index (χ0n) is 19.1. The molecule has 2 aliphatic heterocycles. The van der Waals surface area contributed by atoms with Crippen molar-refractivity contribution in [2.75, 3.05) is 19.7 Å². The molecule has 0 bridgehead atoms. The second-order valence-electron chi connectivity index (χ2n) is 9.35. The van der Waals surface area contributed by atoms with Crippen LogP contribution in [0.2, 0.25) is 0 Å². The van der Waals surface area contributed by atoms with Crippen LogP contribution in [0.5, 0.6) is 0 Å². The van der Waals surface area contributed by atoms with Gasteiger partial charge < -0.3 is 15.0 Å². The number of nitrogens with one attached hydrogen (secondary N) is 1. The zero-order chi connectivity index (χ0) is 23.9. The molecule has 5 rings (SSSR count). The summed E-state index contributed by atoms with van der Waals surface area (Å²) >= 11 is 0. The van der Waals surface area contributed by atoms with Gasteiger partial charge in [0.05, 0.1) is 6.61 Å². The highest BCUT2D eigenvalue weighted by atomic mass is 19.1. The summed E-state index contributed by atoms with van der Waals surface area (Å²) in [6.45, 7) is 2.73. The van der Waals surface area contributed by atoms with E-state index in [4.69, 9.17) is 4.74 Å². The van der Waals surface area contributed by atoms with Gasteiger partial charge >= 0.3 is 0 Å². The van der Waals surface area contributed by atoms with Crippen molar-refractivity contribution in [3.8, 4) is 0 Å². The van der Waals surface area contributed by atoms with Crippen LogP contribution in [0.15, 0.2) is 48.5 Å². The Morgan fingerprint density at radius 3 is 2.32 bits per heavy atom. The molecular weight excluding hydrogens is 437 g/mol. The average molecular weight is 466 g/mol. The number of nitrogens with zero attached hydrogens (tertiary/aromatic N) is 2. The molecule has 2 aromatic carbocycles. The van der Waals surface area contributed by atoms with Gasteiger partial charge in [0.25, 0.3) is 11.8 Å². The molecular formula is C26H28FN3O4. The first kappa shape index (κ1) is 22.5. The maximum absolute atomic E-state index is 13.8. The number of carbonyl (C=O) groups is 3. The lowest BCUT2D eigenvalue weighted by Crippen LogP contribution is -2.60. The number of carbonyl (C=O) groups excluding carboxylic acids is 3. The van der Waals surface area contributed by atoms with Gasteiger partial charge in [-0.25, -0.2) is 4.39 Å². The summed E-state index contributed by atoms with van der Waals surface area (Å²) in [7, 11) is 0. The van der Waals surface area contributed by atoms with Gasteiger partial charge in [0.15, 0.2) is 0 Å². The van der Waals surface area contributed by atoms with Gasteiger partial charge in [-0.15, -0.1) is 0 Å². The van der Waals surface area contributed by atoms with Crippen molar-refractivity contribution in [1.29, 1.82) is 0 Å². The lowest BCUT2D eigenvalue weighted by Gasteiger charge is -2.44. The summed E-state index contributed by atoms with van der Waals surface area (Å²) in [6, 6.07) is 12.3. The fourth-order valence-electron chi connectivity index (χ4n) is 4.87. The third-order valence-electron chi connectivity index (χ3n) is 7.00. The first-order valence-corrected chi connectivity index (χ1v) is 11.8. The monoisotopic (exact) mass is 465 g/mol. The Kier molecular flexibility index (Phi) is 5.85. The molecule has 178 valence electrons. The Hall–Kier alpha value is -3.26. The Morgan fingerprint density at radius 2 is 1.68 bits per heavy atom. The average Bonchev–Trinajstić information content (AvgIpc) is 3.58. The molecule has 1 atom stereocenters. The third-order valence-corrected chi connectivity index (χ3v) is 7.00. The summed E-state index contributed by atoms with van der Waals surface area (Å²) < 4.78 is 19.5. The van der Waals surface area contributed by atoms with Gasteiger partial charge in [-0.1, -0.05) is 18.2 Å². The molecule has 2 heterocycles. The molecule has 1 N–H and O–H groups in total. The van der Waals surface area contributed by atoms with Gasteiger partial charge in [-0.3, -0.25) is 19.3 Å². The van der Waals surface area contributed by atoms with Crippen LogP contribution in [0.3, 0.4) is 0 Å². The summed E-state index contributed by atoms with van der Waals surface area (Å²) in [6.07, 6.45) is 2.70. The zero-order valence-corrected chi connectivity index (χ0v) is 19.1. The highest BCUT2D eigenvalue weighted by Gasteiger charge is 2.54. The number of piperidine rings is 1. The molecule has 0 aromatic heterocycles. The van der Waals surface area contributed by atoms with Crippen molar-refractivity contribution in [2.24, 2.45) is 0 Å². The summed E-state index contributed by atoms with van der Waals surface area (Å²) in [4.78, 5) is 43.1. The number of aryl methyl sites for hydroxylation is 1. The Labute approximate surface area is 197 Å². The van der Waals surface area contributed by atoms with Crippen molar-refractivity contribution in [3.63, 3.8) is 0 Å². The second-order valence-corrected chi connectivity index (χ2v) is 9.35. The fraction of sp³-hybridized carbons (Fsp3) is 0.423. The predicted octanol–water partition coefficient (Wildman–Crippen LogP) is 2.89. The highest BCUT2D eigenvalue weighted by molar-refractivity contribution is 5.99.